The summed E-state index contributed by atoms with van der Waals surface area (Å²) in [5, 5.41) is 4.41. The predicted octanol–water partition coefficient (Wildman–Crippen LogP) is 2.14. The Bertz CT molecular complexity index is 635. The number of aryl methyl sites for hydroxylation is 1. The van der Waals surface area contributed by atoms with Gasteiger partial charge < -0.3 is 11.1 Å². The van der Waals surface area contributed by atoms with Gasteiger partial charge >= 0.3 is 0 Å². The highest BCUT2D eigenvalue weighted by atomic mass is 16.1. The molecule has 4 heteroatoms. The van der Waals surface area contributed by atoms with Gasteiger partial charge in [0, 0.05) is 24.2 Å². The molecule has 2 rings (SSSR count). The number of hydrogen-bond donors (Lipinski definition) is 2. The van der Waals surface area contributed by atoms with Crippen LogP contribution in [0.25, 0.3) is 10.9 Å². The third kappa shape index (κ3) is 3.33. The fourth-order valence-corrected chi connectivity index (χ4v) is 1.99. The van der Waals surface area contributed by atoms with Crippen LogP contribution in [0.4, 0.5) is 0 Å². The number of pyridine rings is 1. The molecule has 106 valence electrons. The van der Waals surface area contributed by atoms with Crippen LogP contribution in [0.15, 0.2) is 30.3 Å². The molecular formula is C16H21N3O. The first-order valence-corrected chi connectivity index (χ1v) is 6.75. The monoisotopic (exact) mass is 271 g/mol. The van der Waals surface area contributed by atoms with Crippen molar-refractivity contribution in [1.29, 1.82) is 0 Å². The molecule has 3 N–H and O–H groups in total. The minimum absolute atomic E-state index is 0.289. The highest BCUT2D eigenvalue weighted by molar-refractivity contribution is 5.80. The largest absolute Gasteiger partial charge is 0.369 e. The topological polar surface area (TPSA) is 68.0 Å². The van der Waals surface area contributed by atoms with E-state index in [1.165, 1.54) is 5.56 Å². The molecule has 0 aliphatic heterocycles. The molecule has 0 saturated carbocycles. The maximum Gasteiger partial charge on any atom is 0.224 e. The van der Waals surface area contributed by atoms with Crippen molar-refractivity contribution in [2.24, 2.45) is 11.1 Å². The number of aromatic nitrogens is 1. The van der Waals surface area contributed by atoms with Crippen LogP contribution in [0.3, 0.4) is 0 Å². The summed E-state index contributed by atoms with van der Waals surface area (Å²) in [5.41, 5.74) is 8.01. The second-order valence-electron chi connectivity index (χ2n) is 5.83. The number of nitrogens with one attached hydrogen (secondary N) is 1. The Morgan fingerprint density at radius 1 is 1.30 bits per heavy atom. The summed E-state index contributed by atoms with van der Waals surface area (Å²) in [6, 6.07) is 10.3. The number of nitrogens with zero attached hydrogens (tertiary/aromatic N) is 1. The zero-order valence-corrected chi connectivity index (χ0v) is 12.2. The molecule has 2 aromatic rings. The van der Waals surface area contributed by atoms with Crippen LogP contribution < -0.4 is 11.1 Å². The maximum absolute atomic E-state index is 11.2. The van der Waals surface area contributed by atoms with Gasteiger partial charge in [-0.2, -0.15) is 0 Å². The Morgan fingerprint density at radius 3 is 2.75 bits per heavy atom. The Kier molecular flexibility index (Phi) is 4.04. The van der Waals surface area contributed by atoms with Gasteiger partial charge in [0.05, 0.1) is 10.9 Å². The smallest absolute Gasteiger partial charge is 0.224 e. The van der Waals surface area contributed by atoms with Gasteiger partial charge in [0.2, 0.25) is 5.91 Å². The first kappa shape index (κ1) is 14.5. The Hall–Kier alpha value is -1.94. The van der Waals surface area contributed by atoms with Gasteiger partial charge in [-0.05, 0) is 44.5 Å². The maximum atomic E-state index is 11.2. The number of nitrogens with two attached hydrogens (primary N) is 1. The summed E-state index contributed by atoms with van der Waals surface area (Å²) in [7, 11) is 0. The fraction of sp³-hybridized carbons (Fsp3) is 0.375. The average Bonchev–Trinajstić information content (AvgIpc) is 2.38. The molecule has 0 fully saturated rings. The number of rotatable bonds is 5. The van der Waals surface area contributed by atoms with Crippen molar-refractivity contribution < 1.29 is 4.79 Å². The van der Waals surface area contributed by atoms with E-state index >= 15 is 0 Å². The van der Waals surface area contributed by atoms with Crippen molar-refractivity contribution in [3.05, 3.63) is 41.6 Å². The molecule has 1 amide bonds. The summed E-state index contributed by atoms with van der Waals surface area (Å²) in [6.45, 7) is 6.94. The van der Waals surface area contributed by atoms with E-state index in [1.54, 1.807) is 0 Å². The highest BCUT2D eigenvalue weighted by Gasteiger charge is 2.23. The molecule has 0 bridgehead atoms. The van der Waals surface area contributed by atoms with E-state index in [0.29, 0.717) is 13.1 Å². The summed E-state index contributed by atoms with van der Waals surface area (Å²) in [4.78, 5) is 15.7. The van der Waals surface area contributed by atoms with Crippen LogP contribution in [0.2, 0.25) is 0 Å². The van der Waals surface area contributed by atoms with Crippen molar-refractivity contribution in [2.45, 2.75) is 27.3 Å². The minimum Gasteiger partial charge on any atom is -0.369 e. The number of carbonyl (C=O) groups excluding carboxylic acids is 1. The molecule has 0 unspecified atom stereocenters. The third-order valence-corrected chi connectivity index (χ3v) is 3.46. The lowest BCUT2D eigenvalue weighted by molar-refractivity contribution is -0.125. The van der Waals surface area contributed by atoms with Crippen molar-refractivity contribution in [3.8, 4) is 0 Å². The standard InChI is InChI=1S/C16H21N3O/c1-11-4-6-13-8-12(5-7-14(13)19-11)9-18-10-16(2,3)15(17)20/h4-8,18H,9-10H2,1-3H3,(H2,17,20). The Labute approximate surface area is 119 Å². The van der Waals surface area contributed by atoms with E-state index in [2.05, 4.69) is 28.5 Å². The normalized spacial score (nSPS) is 11.8. The van der Waals surface area contributed by atoms with Gasteiger partial charge in [-0.15, -0.1) is 0 Å². The van der Waals surface area contributed by atoms with Crippen molar-refractivity contribution >= 4 is 16.8 Å². The zero-order chi connectivity index (χ0) is 14.8. The predicted molar refractivity (Wildman–Crippen MR) is 81.2 cm³/mol. The molecule has 0 radical (unpaired) electrons. The Balaban J connectivity index is 2.04. The van der Waals surface area contributed by atoms with Gasteiger partial charge in [0.1, 0.15) is 0 Å². The van der Waals surface area contributed by atoms with Gasteiger partial charge in [0.25, 0.3) is 0 Å². The van der Waals surface area contributed by atoms with Crippen molar-refractivity contribution in [3.63, 3.8) is 0 Å². The van der Waals surface area contributed by atoms with Gasteiger partial charge in [-0.25, -0.2) is 0 Å². The molecular weight excluding hydrogens is 250 g/mol. The SMILES string of the molecule is Cc1ccc2cc(CNCC(C)(C)C(N)=O)ccc2n1. The minimum atomic E-state index is -0.532. The number of fused-ring (bicyclic) bond motifs is 1. The first-order chi connectivity index (χ1) is 9.38. The number of carbonyl (C=O) groups is 1. The van der Waals surface area contributed by atoms with E-state index in [4.69, 9.17) is 5.73 Å². The van der Waals surface area contributed by atoms with Crippen molar-refractivity contribution in [2.75, 3.05) is 6.54 Å². The lowest BCUT2D eigenvalue weighted by Gasteiger charge is -2.20. The fourth-order valence-electron chi connectivity index (χ4n) is 1.99. The van der Waals surface area contributed by atoms with E-state index in [1.807, 2.05) is 32.9 Å². The second kappa shape index (κ2) is 5.59. The second-order valence-corrected chi connectivity index (χ2v) is 5.83. The van der Waals surface area contributed by atoms with Crippen LogP contribution in [0, 0.1) is 12.3 Å². The van der Waals surface area contributed by atoms with Gasteiger partial charge in [-0.3, -0.25) is 9.78 Å². The summed E-state index contributed by atoms with van der Waals surface area (Å²) in [6.07, 6.45) is 0. The van der Waals surface area contributed by atoms with Crippen molar-refractivity contribution in [1.82, 2.24) is 10.3 Å². The quantitative estimate of drug-likeness (QED) is 0.875. The first-order valence-electron chi connectivity index (χ1n) is 6.75. The molecule has 4 nitrogen and oxygen atoms in total. The molecule has 0 saturated heterocycles. The molecule has 1 aromatic carbocycles. The highest BCUT2D eigenvalue weighted by Crippen LogP contribution is 2.16. The molecule has 0 aliphatic rings. The van der Waals surface area contributed by atoms with Gasteiger partial charge in [-0.1, -0.05) is 12.1 Å². The molecule has 0 aliphatic carbocycles. The van der Waals surface area contributed by atoms with Crippen LogP contribution in [-0.4, -0.2) is 17.4 Å². The number of primary amides is 1. The third-order valence-electron chi connectivity index (χ3n) is 3.46. The average molecular weight is 271 g/mol. The van der Waals surface area contributed by atoms with Gasteiger partial charge in [0.15, 0.2) is 0 Å². The molecule has 20 heavy (non-hydrogen) atoms. The number of hydrogen-bond acceptors (Lipinski definition) is 3. The molecule has 1 aromatic heterocycles. The van der Waals surface area contributed by atoms with E-state index in [0.717, 1.165) is 16.6 Å². The lowest BCUT2D eigenvalue weighted by atomic mass is 9.93. The van der Waals surface area contributed by atoms with E-state index in [9.17, 15) is 4.79 Å². The van der Waals surface area contributed by atoms with Crippen LogP contribution in [0.5, 0.6) is 0 Å². The van der Waals surface area contributed by atoms with E-state index in [-0.39, 0.29) is 5.91 Å². The number of benzene rings is 1. The Morgan fingerprint density at radius 2 is 2.05 bits per heavy atom. The van der Waals surface area contributed by atoms with Crippen LogP contribution in [-0.2, 0) is 11.3 Å². The summed E-state index contributed by atoms with van der Waals surface area (Å²) in [5.74, 6) is -0.289. The van der Waals surface area contributed by atoms with E-state index < -0.39 is 5.41 Å². The lowest BCUT2D eigenvalue weighted by Crippen LogP contribution is -2.40. The molecule has 1 heterocycles. The van der Waals surface area contributed by atoms with Crippen LogP contribution in [0.1, 0.15) is 25.1 Å². The zero-order valence-electron chi connectivity index (χ0n) is 12.2. The molecule has 0 atom stereocenters. The summed E-state index contributed by atoms with van der Waals surface area (Å²) >= 11 is 0. The summed E-state index contributed by atoms with van der Waals surface area (Å²) < 4.78 is 0. The molecule has 0 spiro atoms. The van der Waals surface area contributed by atoms with Crippen LogP contribution >= 0.6 is 0 Å². The number of amides is 1.